The smallest absolute Gasteiger partial charge is 0.148 e. The van der Waals surface area contributed by atoms with Gasteiger partial charge in [-0.05, 0) is 50.8 Å². The van der Waals surface area contributed by atoms with Crippen LogP contribution in [-0.4, -0.2) is 32.8 Å². The zero-order valence-corrected chi connectivity index (χ0v) is 12.7. The highest BCUT2D eigenvalue weighted by Crippen LogP contribution is 2.24. The van der Waals surface area contributed by atoms with Crippen molar-refractivity contribution in [2.24, 2.45) is 5.92 Å². The van der Waals surface area contributed by atoms with Crippen LogP contribution in [0.4, 0.5) is 15.8 Å². The van der Waals surface area contributed by atoms with Gasteiger partial charge in [-0.15, -0.1) is 0 Å². The zero-order valence-electron chi connectivity index (χ0n) is 12.7. The molecule has 1 heterocycles. The van der Waals surface area contributed by atoms with Crippen molar-refractivity contribution in [3.63, 3.8) is 0 Å². The molecule has 1 unspecified atom stereocenters. The fraction of sp³-hybridized carbons (Fsp3) is 0.625. The molecule has 1 atom stereocenters. The number of hydrogen-bond acceptors (Lipinski definition) is 3. The van der Waals surface area contributed by atoms with Crippen molar-refractivity contribution in [1.29, 1.82) is 0 Å². The summed E-state index contributed by atoms with van der Waals surface area (Å²) < 4.78 is 19.6. The van der Waals surface area contributed by atoms with Crippen LogP contribution < -0.4 is 10.2 Å². The number of nitrogens with zero attached hydrogens (tertiary/aromatic N) is 1. The lowest BCUT2D eigenvalue weighted by Gasteiger charge is -2.25. The van der Waals surface area contributed by atoms with Gasteiger partial charge in [-0.2, -0.15) is 0 Å². The summed E-state index contributed by atoms with van der Waals surface area (Å²) in [7, 11) is 1.91. The molecule has 1 aliphatic rings. The van der Waals surface area contributed by atoms with Gasteiger partial charge in [-0.25, -0.2) is 4.39 Å². The topological polar surface area (TPSA) is 24.5 Å². The van der Waals surface area contributed by atoms with E-state index in [4.69, 9.17) is 4.74 Å². The quantitative estimate of drug-likeness (QED) is 0.893. The van der Waals surface area contributed by atoms with Crippen molar-refractivity contribution in [2.45, 2.75) is 32.7 Å². The second-order valence-electron chi connectivity index (χ2n) is 5.83. The summed E-state index contributed by atoms with van der Waals surface area (Å²) in [6, 6.07) is 5.65. The lowest BCUT2D eigenvalue weighted by Crippen LogP contribution is -2.26. The summed E-state index contributed by atoms with van der Waals surface area (Å²) >= 11 is 0. The first kappa shape index (κ1) is 15.1. The number of ether oxygens (including phenoxy) is 1. The summed E-state index contributed by atoms with van der Waals surface area (Å²) in [6.45, 7) is 6.63. The van der Waals surface area contributed by atoms with Crippen molar-refractivity contribution in [2.75, 3.05) is 37.0 Å². The first-order valence-corrected chi connectivity index (χ1v) is 7.42. The molecule has 0 spiro atoms. The highest BCUT2D eigenvalue weighted by atomic mass is 19.1. The van der Waals surface area contributed by atoms with Crippen LogP contribution in [0.15, 0.2) is 18.2 Å². The summed E-state index contributed by atoms with van der Waals surface area (Å²) in [5, 5.41) is 3.31. The minimum Gasteiger partial charge on any atom is -0.385 e. The van der Waals surface area contributed by atoms with Crippen LogP contribution in [0.1, 0.15) is 26.7 Å². The predicted octanol–water partition coefficient (Wildman–Crippen LogP) is 3.51. The molecular weight excluding hydrogens is 255 g/mol. The van der Waals surface area contributed by atoms with Crippen molar-refractivity contribution >= 4 is 11.4 Å². The molecule has 0 amide bonds. The minimum absolute atomic E-state index is 0.175. The van der Waals surface area contributed by atoms with Crippen LogP contribution in [0.5, 0.6) is 0 Å². The molecule has 20 heavy (non-hydrogen) atoms. The van der Waals surface area contributed by atoms with Crippen LogP contribution in [0.3, 0.4) is 0 Å². The third kappa shape index (κ3) is 3.85. The second kappa shape index (κ2) is 6.93. The predicted molar refractivity (Wildman–Crippen MR) is 82.0 cm³/mol. The van der Waals surface area contributed by atoms with Gasteiger partial charge in [0.25, 0.3) is 0 Å². The first-order valence-electron chi connectivity index (χ1n) is 7.42. The average molecular weight is 280 g/mol. The van der Waals surface area contributed by atoms with E-state index >= 15 is 0 Å². The zero-order chi connectivity index (χ0) is 14.5. The standard InChI is InChI=1S/C16H25FN2O/c1-12(2)19(3)16-7-6-14(9-15(16)17)18-10-13-5-4-8-20-11-13/h6-7,9,12-13,18H,4-5,8,10-11H2,1-3H3. The third-order valence-corrected chi connectivity index (χ3v) is 3.95. The van der Waals surface area contributed by atoms with Gasteiger partial charge in [0.15, 0.2) is 0 Å². The van der Waals surface area contributed by atoms with E-state index in [0.29, 0.717) is 11.6 Å². The van der Waals surface area contributed by atoms with Gasteiger partial charge >= 0.3 is 0 Å². The average Bonchev–Trinajstić information content (AvgIpc) is 2.45. The molecule has 4 heteroatoms. The molecular formula is C16H25FN2O. The molecule has 0 saturated carbocycles. The van der Waals surface area contributed by atoms with Crippen LogP contribution in [0.25, 0.3) is 0 Å². The summed E-state index contributed by atoms with van der Waals surface area (Å²) in [6.07, 6.45) is 2.31. The molecule has 1 aliphatic heterocycles. The number of anilines is 2. The fourth-order valence-corrected chi connectivity index (χ4v) is 2.41. The Morgan fingerprint density at radius 1 is 1.45 bits per heavy atom. The van der Waals surface area contributed by atoms with Gasteiger partial charge < -0.3 is 15.0 Å². The summed E-state index contributed by atoms with van der Waals surface area (Å²) in [5.41, 5.74) is 1.49. The minimum atomic E-state index is -0.175. The van der Waals surface area contributed by atoms with Crippen molar-refractivity contribution < 1.29 is 9.13 Å². The molecule has 1 aromatic carbocycles. The van der Waals surface area contributed by atoms with Gasteiger partial charge in [-0.3, -0.25) is 0 Å². The van der Waals surface area contributed by atoms with E-state index < -0.39 is 0 Å². The lowest BCUT2D eigenvalue weighted by atomic mass is 10.0. The molecule has 1 saturated heterocycles. The van der Waals surface area contributed by atoms with Crippen LogP contribution in [0, 0.1) is 11.7 Å². The third-order valence-electron chi connectivity index (χ3n) is 3.95. The van der Waals surface area contributed by atoms with Gasteiger partial charge in [0, 0.05) is 31.9 Å². The molecule has 1 aromatic rings. The number of hydrogen-bond donors (Lipinski definition) is 1. The highest BCUT2D eigenvalue weighted by Gasteiger charge is 2.14. The lowest BCUT2D eigenvalue weighted by molar-refractivity contribution is 0.0595. The molecule has 0 radical (unpaired) electrons. The Hall–Kier alpha value is -1.29. The molecule has 0 aromatic heterocycles. The molecule has 3 nitrogen and oxygen atoms in total. The van der Waals surface area contributed by atoms with Crippen LogP contribution >= 0.6 is 0 Å². The maximum atomic E-state index is 14.1. The molecule has 112 valence electrons. The highest BCUT2D eigenvalue weighted by molar-refractivity contribution is 5.56. The molecule has 2 rings (SSSR count). The van der Waals surface area contributed by atoms with Crippen LogP contribution in [-0.2, 0) is 4.74 Å². The molecule has 0 bridgehead atoms. The van der Waals surface area contributed by atoms with Gasteiger partial charge in [0.2, 0.25) is 0 Å². The van der Waals surface area contributed by atoms with E-state index in [2.05, 4.69) is 19.2 Å². The normalized spacial score (nSPS) is 19.1. The van der Waals surface area contributed by atoms with E-state index in [1.165, 1.54) is 6.42 Å². The Balaban J connectivity index is 1.94. The SMILES string of the molecule is CC(C)N(C)c1ccc(NCC2CCCOC2)cc1F. The number of halogens is 1. The Bertz CT molecular complexity index is 430. The van der Waals surface area contributed by atoms with Crippen molar-refractivity contribution in [1.82, 2.24) is 0 Å². The van der Waals surface area contributed by atoms with E-state index in [1.54, 1.807) is 6.07 Å². The monoisotopic (exact) mass is 280 g/mol. The molecule has 1 fully saturated rings. The number of nitrogens with one attached hydrogen (secondary N) is 1. The Morgan fingerprint density at radius 2 is 2.25 bits per heavy atom. The van der Waals surface area contributed by atoms with E-state index in [-0.39, 0.29) is 11.9 Å². The van der Waals surface area contributed by atoms with Gasteiger partial charge in [0.05, 0.1) is 12.3 Å². The van der Waals surface area contributed by atoms with E-state index in [1.807, 2.05) is 24.1 Å². The van der Waals surface area contributed by atoms with E-state index in [0.717, 1.165) is 31.9 Å². The maximum absolute atomic E-state index is 14.1. The van der Waals surface area contributed by atoms with E-state index in [9.17, 15) is 4.39 Å². The summed E-state index contributed by atoms with van der Waals surface area (Å²) in [4.78, 5) is 1.94. The molecule has 0 aliphatic carbocycles. The Morgan fingerprint density at radius 3 is 2.85 bits per heavy atom. The van der Waals surface area contributed by atoms with Gasteiger partial charge in [-0.1, -0.05) is 0 Å². The maximum Gasteiger partial charge on any atom is 0.148 e. The van der Waals surface area contributed by atoms with Crippen molar-refractivity contribution in [3.05, 3.63) is 24.0 Å². The Labute approximate surface area is 121 Å². The number of rotatable bonds is 5. The first-order chi connectivity index (χ1) is 9.58. The fourth-order valence-electron chi connectivity index (χ4n) is 2.41. The van der Waals surface area contributed by atoms with Crippen LogP contribution in [0.2, 0.25) is 0 Å². The van der Waals surface area contributed by atoms with Gasteiger partial charge in [0.1, 0.15) is 5.82 Å². The molecule has 1 N–H and O–H groups in total. The number of benzene rings is 1. The Kier molecular flexibility index (Phi) is 5.24. The second-order valence-corrected chi connectivity index (χ2v) is 5.83. The van der Waals surface area contributed by atoms with Crippen molar-refractivity contribution in [3.8, 4) is 0 Å². The summed E-state index contributed by atoms with van der Waals surface area (Å²) in [5.74, 6) is 0.357. The largest absolute Gasteiger partial charge is 0.385 e.